The number of carbonyl (C=O) groups excluding carboxylic acids is 1. The van der Waals surface area contributed by atoms with Gasteiger partial charge in [-0.25, -0.2) is 9.97 Å². The molecule has 1 aromatic rings. The second-order valence-electron chi connectivity index (χ2n) is 5.67. The Morgan fingerprint density at radius 3 is 2.71 bits per heavy atom. The Kier molecular flexibility index (Phi) is 4.65. The summed E-state index contributed by atoms with van der Waals surface area (Å²) >= 11 is 0. The number of morpholine rings is 1. The highest BCUT2D eigenvalue weighted by molar-refractivity contribution is 5.93. The zero-order valence-corrected chi connectivity index (χ0v) is 12.3. The molecule has 1 saturated carbocycles. The minimum absolute atomic E-state index is 0.0844. The van der Waals surface area contributed by atoms with Gasteiger partial charge in [-0.1, -0.05) is 19.3 Å². The summed E-state index contributed by atoms with van der Waals surface area (Å²) in [7, 11) is 0. The minimum Gasteiger partial charge on any atom is -0.378 e. The predicted octanol–water partition coefficient (Wildman–Crippen LogP) is 1.38. The second-order valence-corrected chi connectivity index (χ2v) is 5.67. The third kappa shape index (κ3) is 3.69. The van der Waals surface area contributed by atoms with Crippen LogP contribution in [-0.4, -0.2) is 48.2 Å². The van der Waals surface area contributed by atoms with E-state index in [2.05, 4.69) is 20.2 Å². The van der Waals surface area contributed by atoms with Gasteiger partial charge in [0.25, 0.3) is 5.91 Å². The largest absolute Gasteiger partial charge is 0.378 e. The normalized spacial score (nSPS) is 20.3. The highest BCUT2D eigenvalue weighted by atomic mass is 16.5. The van der Waals surface area contributed by atoms with Crippen molar-refractivity contribution in [3.05, 3.63) is 18.1 Å². The molecule has 114 valence electrons. The van der Waals surface area contributed by atoms with E-state index in [0.717, 1.165) is 31.7 Å². The second kappa shape index (κ2) is 6.85. The highest BCUT2D eigenvalue weighted by Gasteiger charge is 2.19. The Hall–Kier alpha value is -1.69. The zero-order valence-electron chi connectivity index (χ0n) is 12.3. The molecular weight excluding hydrogens is 268 g/mol. The molecule has 1 N–H and O–H groups in total. The van der Waals surface area contributed by atoms with Gasteiger partial charge in [-0.3, -0.25) is 4.79 Å². The van der Waals surface area contributed by atoms with Crippen molar-refractivity contribution in [3.8, 4) is 0 Å². The van der Waals surface area contributed by atoms with E-state index in [0.29, 0.717) is 24.9 Å². The van der Waals surface area contributed by atoms with Crippen LogP contribution in [0.1, 0.15) is 42.6 Å². The van der Waals surface area contributed by atoms with Crippen molar-refractivity contribution in [2.75, 3.05) is 31.2 Å². The third-order valence-electron chi connectivity index (χ3n) is 4.16. The van der Waals surface area contributed by atoms with E-state index >= 15 is 0 Å². The van der Waals surface area contributed by atoms with Gasteiger partial charge >= 0.3 is 0 Å². The molecule has 6 heteroatoms. The van der Waals surface area contributed by atoms with Crippen LogP contribution >= 0.6 is 0 Å². The lowest BCUT2D eigenvalue weighted by Gasteiger charge is -2.28. The highest BCUT2D eigenvalue weighted by Crippen LogP contribution is 2.18. The molecule has 2 heterocycles. The van der Waals surface area contributed by atoms with Crippen LogP contribution in [-0.2, 0) is 4.74 Å². The van der Waals surface area contributed by atoms with Gasteiger partial charge in [0.15, 0.2) is 0 Å². The van der Waals surface area contributed by atoms with Gasteiger partial charge in [-0.05, 0) is 12.8 Å². The fourth-order valence-corrected chi connectivity index (χ4v) is 2.94. The van der Waals surface area contributed by atoms with Gasteiger partial charge in [-0.2, -0.15) is 0 Å². The molecular formula is C15H22N4O2. The van der Waals surface area contributed by atoms with Crippen LogP contribution in [0.3, 0.4) is 0 Å². The van der Waals surface area contributed by atoms with Gasteiger partial charge in [-0.15, -0.1) is 0 Å². The van der Waals surface area contributed by atoms with Crippen LogP contribution in [0.4, 0.5) is 5.82 Å². The van der Waals surface area contributed by atoms with Gasteiger partial charge in [0.05, 0.1) is 13.2 Å². The summed E-state index contributed by atoms with van der Waals surface area (Å²) < 4.78 is 5.34. The topological polar surface area (TPSA) is 67.4 Å². The molecule has 0 atom stereocenters. The molecule has 21 heavy (non-hydrogen) atoms. The van der Waals surface area contributed by atoms with E-state index in [9.17, 15) is 4.79 Å². The van der Waals surface area contributed by atoms with Crippen molar-refractivity contribution in [1.29, 1.82) is 0 Å². The molecule has 1 saturated heterocycles. The fraction of sp³-hybridized carbons (Fsp3) is 0.667. The number of nitrogens with zero attached hydrogens (tertiary/aromatic N) is 3. The van der Waals surface area contributed by atoms with Crippen LogP contribution in [0.5, 0.6) is 0 Å². The Bertz CT molecular complexity index is 482. The SMILES string of the molecule is O=C(NC1CCCCC1)c1cc(N2CCOCC2)ncn1. The Morgan fingerprint density at radius 2 is 1.95 bits per heavy atom. The minimum atomic E-state index is -0.0844. The molecule has 1 aromatic heterocycles. The van der Waals surface area contributed by atoms with Crippen molar-refractivity contribution >= 4 is 11.7 Å². The molecule has 1 aliphatic carbocycles. The van der Waals surface area contributed by atoms with E-state index in [1.54, 1.807) is 6.07 Å². The number of amides is 1. The van der Waals surface area contributed by atoms with E-state index in [4.69, 9.17) is 4.74 Å². The molecule has 0 spiro atoms. The average Bonchev–Trinajstić information content (AvgIpc) is 2.57. The van der Waals surface area contributed by atoms with Gasteiger partial charge in [0, 0.05) is 25.2 Å². The van der Waals surface area contributed by atoms with E-state index < -0.39 is 0 Å². The smallest absolute Gasteiger partial charge is 0.270 e. The van der Waals surface area contributed by atoms with Crippen molar-refractivity contribution in [1.82, 2.24) is 15.3 Å². The van der Waals surface area contributed by atoms with Crippen LogP contribution < -0.4 is 10.2 Å². The van der Waals surface area contributed by atoms with Gasteiger partial charge in [0.2, 0.25) is 0 Å². The van der Waals surface area contributed by atoms with Gasteiger partial charge < -0.3 is 15.0 Å². The molecule has 6 nitrogen and oxygen atoms in total. The van der Waals surface area contributed by atoms with Crippen molar-refractivity contribution < 1.29 is 9.53 Å². The molecule has 0 radical (unpaired) electrons. The lowest BCUT2D eigenvalue weighted by Crippen LogP contribution is -2.38. The first-order valence-corrected chi connectivity index (χ1v) is 7.78. The summed E-state index contributed by atoms with van der Waals surface area (Å²) in [6.07, 6.45) is 7.31. The Balaban J connectivity index is 1.65. The lowest BCUT2D eigenvalue weighted by molar-refractivity contribution is 0.0922. The van der Waals surface area contributed by atoms with Crippen LogP contribution in [0.15, 0.2) is 12.4 Å². The maximum Gasteiger partial charge on any atom is 0.270 e. The third-order valence-corrected chi connectivity index (χ3v) is 4.16. The number of nitrogens with one attached hydrogen (secondary N) is 1. The average molecular weight is 290 g/mol. The Labute approximate surface area is 124 Å². The summed E-state index contributed by atoms with van der Waals surface area (Å²) in [6, 6.07) is 2.08. The maximum absolute atomic E-state index is 12.3. The first-order chi connectivity index (χ1) is 10.3. The number of hydrogen-bond donors (Lipinski definition) is 1. The summed E-state index contributed by atoms with van der Waals surface area (Å²) in [5.74, 6) is 0.723. The van der Waals surface area contributed by atoms with E-state index in [-0.39, 0.29) is 5.91 Å². The van der Waals surface area contributed by atoms with E-state index in [1.807, 2.05) is 0 Å². The molecule has 2 aliphatic rings. The molecule has 3 rings (SSSR count). The molecule has 0 bridgehead atoms. The number of aromatic nitrogens is 2. The number of rotatable bonds is 3. The van der Waals surface area contributed by atoms with Crippen molar-refractivity contribution in [2.45, 2.75) is 38.1 Å². The van der Waals surface area contributed by atoms with Crippen LogP contribution in [0.25, 0.3) is 0 Å². The first-order valence-electron chi connectivity index (χ1n) is 7.78. The summed E-state index contributed by atoms with van der Waals surface area (Å²) in [5.41, 5.74) is 0.456. The number of hydrogen-bond acceptors (Lipinski definition) is 5. The maximum atomic E-state index is 12.3. The quantitative estimate of drug-likeness (QED) is 0.911. The first kappa shape index (κ1) is 14.3. The number of ether oxygens (including phenoxy) is 1. The molecule has 0 aromatic carbocycles. The van der Waals surface area contributed by atoms with Gasteiger partial charge in [0.1, 0.15) is 17.8 Å². The van der Waals surface area contributed by atoms with E-state index in [1.165, 1.54) is 25.6 Å². The molecule has 0 unspecified atom stereocenters. The summed E-state index contributed by atoms with van der Waals surface area (Å²) in [4.78, 5) is 22.8. The van der Waals surface area contributed by atoms with Crippen LogP contribution in [0.2, 0.25) is 0 Å². The van der Waals surface area contributed by atoms with Crippen molar-refractivity contribution in [3.63, 3.8) is 0 Å². The summed E-state index contributed by atoms with van der Waals surface area (Å²) in [5, 5.41) is 3.09. The monoisotopic (exact) mass is 290 g/mol. The number of carbonyl (C=O) groups is 1. The zero-order chi connectivity index (χ0) is 14.5. The predicted molar refractivity (Wildman–Crippen MR) is 79.4 cm³/mol. The molecule has 1 amide bonds. The molecule has 2 fully saturated rings. The Morgan fingerprint density at radius 1 is 1.19 bits per heavy atom. The summed E-state index contributed by atoms with van der Waals surface area (Å²) in [6.45, 7) is 3.02. The fourth-order valence-electron chi connectivity index (χ4n) is 2.94. The standard InChI is InChI=1S/C15H22N4O2/c20-15(18-12-4-2-1-3-5-12)13-10-14(17-11-16-13)19-6-8-21-9-7-19/h10-12H,1-9H2,(H,18,20). The van der Waals surface area contributed by atoms with Crippen molar-refractivity contribution in [2.24, 2.45) is 0 Å². The lowest BCUT2D eigenvalue weighted by atomic mass is 9.95. The number of anilines is 1. The molecule has 1 aliphatic heterocycles. The van der Waals surface area contributed by atoms with Crippen LogP contribution in [0, 0.1) is 0 Å².